The van der Waals surface area contributed by atoms with Crippen LogP contribution in [0.2, 0.25) is 0 Å². The van der Waals surface area contributed by atoms with Crippen LogP contribution in [0, 0.1) is 0 Å². The standard InChI is InChI=1S/C18H15N5O3S/c1-18(11-6-3-2-4-7-11)16(25)23(17(26)20-18)10-14(24)19-12-8-5-9-13-15(12)22-27-21-13/h2-9H,10H2,1H3,(H,19,24)(H,20,26)/t18-/m0/s1. The Hall–Kier alpha value is -3.33. The van der Waals surface area contributed by atoms with E-state index in [1.54, 1.807) is 49.4 Å². The summed E-state index contributed by atoms with van der Waals surface area (Å²) in [6.07, 6.45) is 0. The largest absolute Gasteiger partial charge is 0.325 e. The molecule has 1 saturated heterocycles. The van der Waals surface area contributed by atoms with E-state index in [9.17, 15) is 14.4 Å². The van der Waals surface area contributed by atoms with Crippen molar-refractivity contribution in [2.45, 2.75) is 12.5 Å². The van der Waals surface area contributed by atoms with Gasteiger partial charge < -0.3 is 10.6 Å². The molecule has 9 heteroatoms. The van der Waals surface area contributed by atoms with E-state index in [4.69, 9.17) is 0 Å². The van der Waals surface area contributed by atoms with E-state index >= 15 is 0 Å². The predicted octanol–water partition coefficient (Wildman–Crippen LogP) is 2.10. The van der Waals surface area contributed by atoms with Gasteiger partial charge >= 0.3 is 6.03 Å². The molecule has 1 fully saturated rings. The zero-order chi connectivity index (χ0) is 19.0. The maximum Gasteiger partial charge on any atom is 0.325 e. The van der Waals surface area contributed by atoms with Crippen LogP contribution in [0.3, 0.4) is 0 Å². The summed E-state index contributed by atoms with van der Waals surface area (Å²) < 4.78 is 8.27. The first-order chi connectivity index (χ1) is 13.0. The minimum absolute atomic E-state index is 0.388. The molecular weight excluding hydrogens is 366 g/mol. The smallest absolute Gasteiger partial charge is 0.323 e. The molecule has 4 amide bonds. The highest BCUT2D eigenvalue weighted by Crippen LogP contribution is 2.28. The monoisotopic (exact) mass is 381 g/mol. The Morgan fingerprint density at radius 3 is 2.70 bits per heavy atom. The van der Waals surface area contributed by atoms with Crippen LogP contribution in [0.5, 0.6) is 0 Å². The highest BCUT2D eigenvalue weighted by atomic mass is 32.1. The molecule has 0 radical (unpaired) electrons. The van der Waals surface area contributed by atoms with Crippen LogP contribution in [0.25, 0.3) is 11.0 Å². The fraction of sp³-hybridized carbons (Fsp3) is 0.167. The number of fused-ring (bicyclic) bond motifs is 1. The molecule has 27 heavy (non-hydrogen) atoms. The number of nitrogens with zero attached hydrogens (tertiary/aromatic N) is 3. The summed E-state index contributed by atoms with van der Waals surface area (Å²) >= 11 is 1.05. The van der Waals surface area contributed by atoms with Crippen molar-refractivity contribution in [2.75, 3.05) is 11.9 Å². The number of hydrogen-bond acceptors (Lipinski definition) is 6. The van der Waals surface area contributed by atoms with Gasteiger partial charge in [0.1, 0.15) is 23.1 Å². The number of aromatic nitrogens is 2. The van der Waals surface area contributed by atoms with Gasteiger partial charge in [0.15, 0.2) is 0 Å². The molecule has 0 spiro atoms. The van der Waals surface area contributed by atoms with Crippen molar-refractivity contribution in [3.05, 3.63) is 54.1 Å². The molecule has 1 aliphatic rings. The molecule has 0 unspecified atom stereocenters. The molecule has 8 nitrogen and oxygen atoms in total. The Labute approximate surface area is 158 Å². The molecule has 1 aromatic heterocycles. The summed E-state index contributed by atoms with van der Waals surface area (Å²) in [5, 5.41) is 5.38. The van der Waals surface area contributed by atoms with Crippen molar-refractivity contribution in [1.82, 2.24) is 19.0 Å². The third-order valence-electron chi connectivity index (χ3n) is 4.49. The highest BCUT2D eigenvalue weighted by molar-refractivity contribution is 7.00. The average Bonchev–Trinajstić information content (AvgIpc) is 3.23. The van der Waals surface area contributed by atoms with Gasteiger partial charge in [0.25, 0.3) is 5.91 Å². The molecule has 2 aromatic carbocycles. The molecule has 3 aromatic rings. The third kappa shape index (κ3) is 2.91. The van der Waals surface area contributed by atoms with Gasteiger partial charge in [-0.25, -0.2) is 4.79 Å². The van der Waals surface area contributed by atoms with Crippen LogP contribution >= 0.6 is 11.7 Å². The van der Waals surface area contributed by atoms with E-state index in [0.717, 1.165) is 16.6 Å². The van der Waals surface area contributed by atoms with Gasteiger partial charge in [-0.15, -0.1) is 0 Å². The van der Waals surface area contributed by atoms with Crippen molar-refractivity contribution in [2.24, 2.45) is 0 Å². The number of anilines is 1. The Bertz CT molecular complexity index is 1050. The highest BCUT2D eigenvalue weighted by Gasteiger charge is 2.49. The minimum atomic E-state index is -1.20. The number of carbonyl (C=O) groups excluding carboxylic acids is 3. The molecule has 1 atom stereocenters. The van der Waals surface area contributed by atoms with E-state index in [1.807, 2.05) is 6.07 Å². The number of carbonyl (C=O) groups is 3. The van der Waals surface area contributed by atoms with Gasteiger partial charge in [-0.05, 0) is 24.6 Å². The van der Waals surface area contributed by atoms with Gasteiger partial charge in [0, 0.05) is 0 Å². The molecular formula is C18H15N5O3S. The molecule has 4 rings (SSSR count). The van der Waals surface area contributed by atoms with Gasteiger partial charge in [-0.3, -0.25) is 14.5 Å². The fourth-order valence-corrected chi connectivity index (χ4v) is 3.60. The van der Waals surface area contributed by atoms with Crippen molar-refractivity contribution in [3.63, 3.8) is 0 Å². The molecule has 2 heterocycles. The van der Waals surface area contributed by atoms with Gasteiger partial charge in [-0.2, -0.15) is 8.75 Å². The Balaban J connectivity index is 1.52. The van der Waals surface area contributed by atoms with E-state index in [-0.39, 0.29) is 6.54 Å². The van der Waals surface area contributed by atoms with Crippen LogP contribution in [-0.4, -0.2) is 38.0 Å². The number of imide groups is 1. The van der Waals surface area contributed by atoms with E-state index in [1.165, 1.54) is 0 Å². The second-order valence-corrected chi connectivity index (χ2v) is 6.83. The van der Waals surface area contributed by atoms with Crippen LogP contribution < -0.4 is 10.6 Å². The number of rotatable bonds is 4. The van der Waals surface area contributed by atoms with E-state index in [2.05, 4.69) is 19.4 Å². The zero-order valence-corrected chi connectivity index (χ0v) is 15.1. The summed E-state index contributed by atoms with van der Waals surface area (Å²) in [5.74, 6) is -0.960. The van der Waals surface area contributed by atoms with Crippen molar-refractivity contribution in [1.29, 1.82) is 0 Å². The molecule has 1 aliphatic heterocycles. The van der Waals surface area contributed by atoms with E-state index in [0.29, 0.717) is 22.3 Å². The molecule has 2 N–H and O–H groups in total. The van der Waals surface area contributed by atoms with Crippen molar-refractivity contribution >= 4 is 46.3 Å². The Morgan fingerprint density at radius 2 is 1.93 bits per heavy atom. The van der Waals surface area contributed by atoms with E-state index < -0.39 is 23.4 Å². The van der Waals surface area contributed by atoms with Crippen LogP contribution in [0.4, 0.5) is 10.5 Å². The number of hydrogen-bond donors (Lipinski definition) is 2. The summed E-state index contributed by atoms with van der Waals surface area (Å²) in [6, 6.07) is 13.6. The lowest BCUT2D eigenvalue weighted by Crippen LogP contribution is -2.42. The maximum atomic E-state index is 12.8. The minimum Gasteiger partial charge on any atom is -0.323 e. The molecule has 0 saturated carbocycles. The van der Waals surface area contributed by atoms with Crippen molar-refractivity contribution < 1.29 is 14.4 Å². The van der Waals surface area contributed by atoms with Crippen LogP contribution in [0.1, 0.15) is 12.5 Å². The maximum absolute atomic E-state index is 12.8. The van der Waals surface area contributed by atoms with Gasteiger partial charge in [0.2, 0.25) is 5.91 Å². The molecule has 136 valence electrons. The second kappa shape index (κ2) is 6.44. The number of urea groups is 1. The fourth-order valence-electron chi connectivity index (χ4n) is 3.05. The second-order valence-electron chi connectivity index (χ2n) is 6.30. The average molecular weight is 381 g/mol. The lowest BCUT2D eigenvalue weighted by atomic mass is 9.92. The lowest BCUT2D eigenvalue weighted by Gasteiger charge is -2.22. The normalized spacial score (nSPS) is 19.4. The first-order valence-electron chi connectivity index (χ1n) is 8.20. The lowest BCUT2D eigenvalue weighted by molar-refractivity contribution is -0.133. The number of benzene rings is 2. The summed E-state index contributed by atoms with van der Waals surface area (Å²) in [6.45, 7) is 1.24. The van der Waals surface area contributed by atoms with Crippen molar-refractivity contribution in [3.8, 4) is 0 Å². The quantitative estimate of drug-likeness (QED) is 0.674. The summed E-state index contributed by atoms with van der Waals surface area (Å²) in [7, 11) is 0. The van der Waals surface area contributed by atoms with Gasteiger partial charge in [0.05, 0.1) is 17.4 Å². The Morgan fingerprint density at radius 1 is 1.15 bits per heavy atom. The Kier molecular flexibility index (Phi) is 4.08. The first kappa shape index (κ1) is 17.1. The van der Waals surface area contributed by atoms with Crippen LogP contribution in [0.15, 0.2) is 48.5 Å². The van der Waals surface area contributed by atoms with Crippen LogP contribution in [-0.2, 0) is 15.1 Å². The number of amides is 4. The summed E-state index contributed by atoms with van der Waals surface area (Å²) in [4.78, 5) is 38.5. The zero-order valence-electron chi connectivity index (χ0n) is 14.3. The number of nitrogens with one attached hydrogen (secondary N) is 2. The first-order valence-corrected chi connectivity index (χ1v) is 8.93. The molecule has 0 bridgehead atoms. The SMILES string of the molecule is C[C@@]1(c2ccccc2)NC(=O)N(CC(=O)Nc2cccc3nsnc23)C1=O. The van der Waals surface area contributed by atoms with Gasteiger partial charge in [-0.1, -0.05) is 36.4 Å². The summed E-state index contributed by atoms with van der Waals surface area (Å²) in [5.41, 5.74) is 1.19. The predicted molar refractivity (Wildman–Crippen MR) is 100 cm³/mol. The topological polar surface area (TPSA) is 104 Å². The third-order valence-corrected chi connectivity index (χ3v) is 5.03. The molecule has 0 aliphatic carbocycles.